The molecule has 1 saturated carbocycles. The average Bonchev–Trinajstić information content (AvgIpc) is 3.42. The van der Waals surface area contributed by atoms with Gasteiger partial charge in [-0.2, -0.15) is 5.10 Å². The molecule has 0 bridgehead atoms. The number of likely N-dealkylation sites (tertiary alicyclic amines) is 2. The summed E-state index contributed by atoms with van der Waals surface area (Å²) in [7, 11) is 0. The molecule has 1 aliphatic carbocycles. The van der Waals surface area contributed by atoms with Crippen molar-refractivity contribution in [3.8, 4) is 0 Å². The third-order valence-electron chi connectivity index (χ3n) is 9.26. The first-order valence-electron chi connectivity index (χ1n) is 14.5. The van der Waals surface area contributed by atoms with E-state index in [1.54, 1.807) is 29.2 Å². The van der Waals surface area contributed by atoms with Crippen LogP contribution in [0.4, 0.5) is 0 Å². The number of rotatable bonds is 7. The summed E-state index contributed by atoms with van der Waals surface area (Å²) in [5, 5.41) is 14.2. The van der Waals surface area contributed by atoms with Crippen LogP contribution in [0.1, 0.15) is 59.5 Å². The monoisotopic (exact) mass is 618 g/mol. The van der Waals surface area contributed by atoms with Crippen molar-refractivity contribution in [1.82, 2.24) is 29.8 Å². The van der Waals surface area contributed by atoms with Gasteiger partial charge in [0.1, 0.15) is 0 Å². The van der Waals surface area contributed by atoms with E-state index < -0.39 is 0 Å². The molecular weight excluding hydrogens is 587 g/mol. The first-order chi connectivity index (χ1) is 20.6. The van der Waals surface area contributed by atoms with E-state index in [1.165, 1.54) is 0 Å². The Bertz CT molecular complexity index is 1690. The Morgan fingerprint density at radius 3 is 2.44 bits per heavy atom. The zero-order valence-electron chi connectivity index (χ0n) is 24.0. The highest BCUT2D eigenvalue weighted by molar-refractivity contribution is 6.42. The molecule has 2 saturated heterocycles. The largest absolute Gasteiger partial charge is 0.425 e. The molecule has 3 fully saturated rings. The summed E-state index contributed by atoms with van der Waals surface area (Å²) in [5.41, 5.74) is 2.25. The van der Waals surface area contributed by atoms with Gasteiger partial charge in [-0.15, -0.1) is 10.2 Å². The number of aromatic nitrogens is 4. The predicted molar refractivity (Wildman–Crippen MR) is 161 cm³/mol. The second-order valence-electron chi connectivity index (χ2n) is 12.9. The van der Waals surface area contributed by atoms with Crippen LogP contribution >= 0.6 is 23.2 Å². The Balaban J connectivity index is 1.10. The Labute approximate surface area is 259 Å². The minimum absolute atomic E-state index is 0.0583. The normalized spacial score (nSPS) is 21.7. The molecule has 43 heavy (non-hydrogen) atoms. The van der Waals surface area contributed by atoms with Gasteiger partial charge in [0, 0.05) is 43.7 Å². The smallest absolute Gasteiger partial charge is 0.257 e. The third-order valence-corrected chi connectivity index (χ3v) is 10.00. The second-order valence-corrected chi connectivity index (χ2v) is 13.7. The van der Waals surface area contributed by atoms with Crippen LogP contribution in [0.25, 0.3) is 0 Å². The van der Waals surface area contributed by atoms with Gasteiger partial charge in [0.05, 0.1) is 40.7 Å². The molecular formula is C32H32Cl2N6O3. The van der Waals surface area contributed by atoms with Crippen LogP contribution in [0.3, 0.4) is 0 Å². The molecule has 1 spiro atoms. The molecule has 11 heteroatoms. The van der Waals surface area contributed by atoms with Crippen LogP contribution in [-0.4, -0.2) is 67.8 Å². The third kappa shape index (κ3) is 5.33. The molecule has 2 aromatic carbocycles. The van der Waals surface area contributed by atoms with Crippen molar-refractivity contribution in [1.29, 1.82) is 0 Å². The molecule has 0 unspecified atom stereocenters. The summed E-state index contributed by atoms with van der Waals surface area (Å²) in [6.07, 6.45) is 4.74. The quantitative estimate of drug-likeness (QED) is 0.278. The van der Waals surface area contributed by atoms with Crippen LogP contribution in [0.2, 0.25) is 10.0 Å². The highest BCUT2D eigenvalue weighted by Gasteiger charge is 2.61. The number of nitrogens with zero attached hydrogens (tertiary/aromatic N) is 6. The van der Waals surface area contributed by atoms with Crippen molar-refractivity contribution in [2.45, 2.75) is 39.2 Å². The van der Waals surface area contributed by atoms with E-state index in [0.29, 0.717) is 66.5 Å². The summed E-state index contributed by atoms with van der Waals surface area (Å²) in [6, 6.07) is 15.4. The summed E-state index contributed by atoms with van der Waals surface area (Å²) in [6.45, 7) is 6.90. The molecule has 0 N–H and O–H groups in total. The van der Waals surface area contributed by atoms with Crippen molar-refractivity contribution in [3.63, 3.8) is 0 Å². The van der Waals surface area contributed by atoms with Gasteiger partial charge in [-0.25, -0.2) is 0 Å². The maximum atomic E-state index is 13.7. The second kappa shape index (κ2) is 10.5. The van der Waals surface area contributed by atoms with E-state index in [-0.39, 0.29) is 34.5 Å². The highest BCUT2D eigenvalue weighted by atomic mass is 35.5. The molecule has 2 aromatic heterocycles. The number of carbonyl (C=O) groups is 2. The summed E-state index contributed by atoms with van der Waals surface area (Å²) in [5.74, 6) is 0.935. The lowest BCUT2D eigenvalue weighted by molar-refractivity contribution is -0.146. The Kier molecular flexibility index (Phi) is 6.85. The lowest BCUT2D eigenvalue weighted by Crippen LogP contribution is -2.62. The maximum Gasteiger partial charge on any atom is 0.257 e. The van der Waals surface area contributed by atoms with E-state index in [9.17, 15) is 9.59 Å². The minimum Gasteiger partial charge on any atom is -0.425 e. The van der Waals surface area contributed by atoms with Crippen LogP contribution < -0.4 is 0 Å². The number of amides is 2. The van der Waals surface area contributed by atoms with Gasteiger partial charge < -0.3 is 14.2 Å². The standard InChI is InChI=1S/C32H32Cl2N6O3/c1-31(2)12-23(31)30(42)39-18-32(19-39)17-38(29(41)22-13-35-40(15-22)14-20-6-4-3-5-7-20)16-24(32)28-37-36-27(43-28)11-21-8-9-25(33)26(34)10-21/h3-10,13,15,23-24H,11-12,14,16-19H2,1-2H3/t23-,24-/m1/s1. The van der Waals surface area contributed by atoms with Crippen LogP contribution in [-0.2, 0) is 17.8 Å². The highest BCUT2D eigenvalue weighted by Crippen LogP contribution is 2.55. The average molecular weight is 620 g/mol. The molecule has 222 valence electrons. The van der Waals surface area contributed by atoms with Crippen molar-refractivity contribution in [3.05, 3.63) is 99.4 Å². The molecule has 3 aliphatic rings. The minimum atomic E-state index is -0.349. The van der Waals surface area contributed by atoms with Gasteiger partial charge in [-0.1, -0.05) is 73.4 Å². The number of halogens is 2. The Morgan fingerprint density at radius 2 is 1.72 bits per heavy atom. The summed E-state index contributed by atoms with van der Waals surface area (Å²) in [4.78, 5) is 30.7. The molecule has 9 nitrogen and oxygen atoms in total. The van der Waals surface area contributed by atoms with Gasteiger partial charge in [-0.3, -0.25) is 14.3 Å². The fourth-order valence-corrected chi connectivity index (χ4v) is 6.90. The van der Waals surface area contributed by atoms with Crippen molar-refractivity contribution in [2.24, 2.45) is 16.7 Å². The van der Waals surface area contributed by atoms with E-state index in [2.05, 4.69) is 29.1 Å². The van der Waals surface area contributed by atoms with E-state index >= 15 is 0 Å². The van der Waals surface area contributed by atoms with Crippen molar-refractivity contribution < 1.29 is 14.0 Å². The fraction of sp³-hybridized carbons (Fsp3) is 0.406. The van der Waals surface area contributed by atoms with Gasteiger partial charge in [0.2, 0.25) is 17.7 Å². The van der Waals surface area contributed by atoms with Crippen LogP contribution in [0, 0.1) is 16.7 Å². The molecule has 2 amide bonds. The van der Waals surface area contributed by atoms with E-state index in [1.807, 2.05) is 46.2 Å². The van der Waals surface area contributed by atoms with E-state index in [4.69, 9.17) is 27.6 Å². The first kappa shape index (κ1) is 28.1. The van der Waals surface area contributed by atoms with Crippen LogP contribution in [0.5, 0.6) is 0 Å². The predicted octanol–water partition coefficient (Wildman–Crippen LogP) is 5.33. The van der Waals surface area contributed by atoms with Crippen LogP contribution in [0.15, 0.2) is 65.3 Å². The Morgan fingerprint density at radius 1 is 0.977 bits per heavy atom. The zero-order chi connectivity index (χ0) is 29.9. The van der Waals surface area contributed by atoms with Crippen molar-refractivity contribution in [2.75, 3.05) is 26.2 Å². The topological polar surface area (TPSA) is 97.4 Å². The number of hydrogen-bond donors (Lipinski definition) is 0. The van der Waals surface area contributed by atoms with Gasteiger partial charge in [0.25, 0.3) is 5.91 Å². The summed E-state index contributed by atoms with van der Waals surface area (Å²) < 4.78 is 7.99. The van der Waals surface area contributed by atoms with E-state index in [0.717, 1.165) is 17.5 Å². The maximum absolute atomic E-state index is 13.7. The number of benzene rings is 2. The Hall–Kier alpha value is -3.69. The molecule has 4 heterocycles. The lowest BCUT2D eigenvalue weighted by atomic mass is 9.71. The molecule has 4 aromatic rings. The zero-order valence-corrected chi connectivity index (χ0v) is 25.6. The van der Waals surface area contributed by atoms with Crippen molar-refractivity contribution >= 4 is 35.0 Å². The first-order valence-corrected chi connectivity index (χ1v) is 15.3. The lowest BCUT2D eigenvalue weighted by Gasteiger charge is -2.50. The molecule has 0 radical (unpaired) electrons. The number of carbonyl (C=O) groups excluding carboxylic acids is 2. The SMILES string of the molecule is CC1(C)C[C@@H]1C(=O)N1CC2(CN(C(=O)c3cnn(Cc4ccccc4)c3)C[C@@H]2c2nnc(Cc3ccc(Cl)c(Cl)c3)o2)C1. The van der Waals surface area contributed by atoms with Gasteiger partial charge in [-0.05, 0) is 35.1 Å². The number of hydrogen-bond acceptors (Lipinski definition) is 6. The fourth-order valence-electron chi connectivity index (χ4n) is 6.58. The van der Waals surface area contributed by atoms with Gasteiger partial charge >= 0.3 is 0 Å². The summed E-state index contributed by atoms with van der Waals surface area (Å²) >= 11 is 12.3. The molecule has 2 atom stereocenters. The molecule has 2 aliphatic heterocycles. The molecule has 7 rings (SSSR count). The van der Waals surface area contributed by atoms with Gasteiger partial charge in [0.15, 0.2) is 0 Å².